The molecule has 4 nitrogen and oxygen atoms in total. The SMILES string of the molecule is CC(C#N)NS(=O)(=O)c1cc(F)ccc1Cl. The molecule has 1 unspecified atom stereocenters. The molecule has 0 radical (unpaired) electrons. The number of nitrogens with zero attached hydrogens (tertiary/aromatic N) is 1. The van der Waals surface area contributed by atoms with Gasteiger partial charge in [-0.1, -0.05) is 11.6 Å². The van der Waals surface area contributed by atoms with Crippen LogP contribution in [-0.4, -0.2) is 14.5 Å². The maximum Gasteiger partial charge on any atom is 0.243 e. The average Bonchev–Trinajstić information content (AvgIpc) is 2.20. The zero-order valence-corrected chi connectivity index (χ0v) is 9.81. The Morgan fingerprint density at radius 2 is 2.19 bits per heavy atom. The Balaban J connectivity index is 3.18. The lowest BCUT2D eigenvalue weighted by Gasteiger charge is -2.09. The summed E-state index contributed by atoms with van der Waals surface area (Å²) in [5.74, 6) is -0.714. The third kappa shape index (κ3) is 2.92. The summed E-state index contributed by atoms with van der Waals surface area (Å²) in [6, 6.07) is 3.78. The minimum atomic E-state index is -3.97. The van der Waals surface area contributed by atoms with Gasteiger partial charge in [-0.2, -0.15) is 9.98 Å². The first-order valence-electron chi connectivity index (χ1n) is 4.24. The van der Waals surface area contributed by atoms with E-state index in [-0.39, 0.29) is 9.92 Å². The molecule has 0 bridgehead atoms. The Labute approximate surface area is 97.7 Å². The molecule has 1 atom stereocenters. The van der Waals surface area contributed by atoms with E-state index in [1.807, 2.05) is 0 Å². The molecule has 0 aliphatic heterocycles. The predicted octanol–water partition coefficient (Wildman–Crippen LogP) is 1.67. The number of sulfonamides is 1. The van der Waals surface area contributed by atoms with E-state index in [2.05, 4.69) is 4.72 Å². The molecule has 0 aliphatic carbocycles. The molecular weight excluding hydrogens is 255 g/mol. The summed E-state index contributed by atoms with van der Waals surface area (Å²) in [4.78, 5) is -0.378. The van der Waals surface area contributed by atoms with Crippen molar-refractivity contribution >= 4 is 21.6 Å². The topological polar surface area (TPSA) is 70.0 Å². The van der Waals surface area contributed by atoms with E-state index in [9.17, 15) is 12.8 Å². The third-order valence-electron chi connectivity index (χ3n) is 1.71. The Hall–Kier alpha value is -1.16. The molecular formula is C9H8ClFN2O2S. The molecule has 0 aromatic heterocycles. The largest absolute Gasteiger partial charge is 0.243 e. The quantitative estimate of drug-likeness (QED) is 0.901. The summed E-state index contributed by atoms with van der Waals surface area (Å²) in [7, 11) is -3.97. The zero-order valence-electron chi connectivity index (χ0n) is 8.24. The van der Waals surface area contributed by atoms with Gasteiger partial charge in [-0.15, -0.1) is 0 Å². The first-order valence-corrected chi connectivity index (χ1v) is 6.10. The molecule has 1 rings (SSSR count). The lowest BCUT2D eigenvalue weighted by atomic mass is 10.3. The van der Waals surface area contributed by atoms with Gasteiger partial charge in [0, 0.05) is 0 Å². The predicted molar refractivity (Wildman–Crippen MR) is 56.8 cm³/mol. The molecule has 1 N–H and O–H groups in total. The number of rotatable bonds is 3. The Morgan fingerprint density at radius 1 is 1.56 bits per heavy atom. The van der Waals surface area contributed by atoms with Crippen molar-refractivity contribution in [2.75, 3.05) is 0 Å². The molecule has 0 heterocycles. The number of halogens is 2. The molecule has 0 spiro atoms. The summed E-state index contributed by atoms with van der Waals surface area (Å²) in [6.45, 7) is 1.37. The number of benzene rings is 1. The Morgan fingerprint density at radius 3 is 2.75 bits per heavy atom. The highest BCUT2D eigenvalue weighted by Crippen LogP contribution is 2.22. The van der Waals surface area contributed by atoms with Crippen molar-refractivity contribution in [3.8, 4) is 6.07 Å². The van der Waals surface area contributed by atoms with E-state index < -0.39 is 21.9 Å². The Kier molecular flexibility index (Phi) is 3.86. The van der Waals surface area contributed by atoms with E-state index in [4.69, 9.17) is 16.9 Å². The van der Waals surface area contributed by atoms with Gasteiger partial charge in [-0.05, 0) is 25.1 Å². The van der Waals surface area contributed by atoms with Crippen LogP contribution in [0.5, 0.6) is 0 Å². The monoisotopic (exact) mass is 262 g/mol. The maximum atomic E-state index is 12.9. The molecule has 1 aromatic rings. The van der Waals surface area contributed by atoms with Crippen LogP contribution in [0.25, 0.3) is 0 Å². The van der Waals surface area contributed by atoms with Crippen LogP contribution in [0, 0.1) is 17.1 Å². The highest BCUT2D eigenvalue weighted by molar-refractivity contribution is 7.89. The van der Waals surface area contributed by atoms with Crippen LogP contribution in [0.2, 0.25) is 5.02 Å². The molecule has 0 fully saturated rings. The smallest absolute Gasteiger partial charge is 0.207 e. The first-order chi connectivity index (χ1) is 7.36. The molecule has 7 heteroatoms. The molecule has 16 heavy (non-hydrogen) atoms. The third-order valence-corrected chi connectivity index (χ3v) is 3.73. The van der Waals surface area contributed by atoms with Crippen molar-refractivity contribution in [3.63, 3.8) is 0 Å². The second kappa shape index (κ2) is 4.78. The van der Waals surface area contributed by atoms with Crippen molar-refractivity contribution < 1.29 is 12.8 Å². The van der Waals surface area contributed by atoms with Crippen LogP contribution < -0.4 is 4.72 Å². The van der Waals surface area contributed by atoms with Gasteiger partial charge in [0.1, 0.15) is 16.8 Å². The van der Waals surface area contributed by atoms with Crippen molar-refractivity contribution in [3.05, 3.63) is 29.0 Å². The highest BCUT2D eigenvalue weighted by atomic mass is 35.5. The minimum absolute atomic E-state index is 0.0981. The molecule has 1 aromatic carbocycles. The second-order valence-electron chi connectivity index (χ2n) is 3.05. The maximum absolute atomic E-state index is 12.9. The van der Waals surface area contributed by atoms with Gasteiger partial charge in [0.05, 0.1) is 11.1 Å². The number of hydrogen-bond acceptors (Lipinski definition) is 3. The average molecular weight is 263 g/mol. The molecule has 0 saturated heterocycles. The number of nitrogens with one attached hydrogen (secondary N) is 1. The zero-order chi connectivity index (χ0) is 12.3. The van der Waals surface area contributed by atoms with Gasteiger partial charge in [0.15, 0.2) is 0 Å². The summed E-state index contributed by atoms with van der Waals surface area (Å²) >= 11 is 5.64. The van der Waals surface area contributed by atoms with E-state index in [1.165, 1.54) is 6.92 Å². The Bertz CT molecular complexity index is 539. The van der Waals surface area contributed by atoms with Crippen molar-refractivity contribution in [1.29, 1.82) is 5.26 Å². The van der Waals surface area contributed by atoms with Crippen LogP contribution in [0.3, 0.4) is 0 Å². The van der Waals surface area contributed by atoms with Crippen LogP contribution >= 0.6 is 11.6 Å². The minimum Gasteiger partial charge on any atom is -0.207 e. The summed E-state index contributed by atoms with van der Waals surface area (Å²) in [5.41, 5.74) is 0. The molecule has 0 amide bonds. The van der Waals surface area contributed by atoms with Gasteiger partial charge in [0.25, 0.3) is 0 Å². The molecule has 0 saturated carbocycles. The second-order valence-corrected chi connectivity index (χ2v) is 5.14. The van der Waals surface area contributed by atoms with Gasteiger partial charge < -0.3 is 0 Å². The van der Waals surface area contributed by atoms with Gasteiger partial charge in [0.2, 0.25) is 10.0 Å². The normalized spacial score (nSPS) is 13.1. The van der Waals surface area contributed by atoms with Crippen LogP contribution in [0.1, 0.15) is 6.92 Å². The van der Waals surface area contributed by atoms with Crippen LogP contribution in [0.15, 0.2) is 23.1 Å². The first kappa shape index (κ1) is 12.9. The number of nitriles is 1. The van der Waals surface area contributed by atoms with Gasteiger partial charge >= 0.3 is 0 Å². The molecule has 86 valence electrons. The fourth-order valence-electron chi connectivity index (χ4n) is 1.01. The van der Waals surface area contributed by atoms with E-state index in [1.54, 1.807) is 6.07 Å². The lowest BCUT2D eigenvalue weighted by Crippen LogP contribution is -2.31. The summed E-state index contributed by atoms with van der Waals surface area (Å²) in [5, 5.41) is 8.39. The van der Waals surface area contributed by atoms with Crippen LogP contribution in [-0.2, 0) is 10.0 Å². The highest BCUT2D eigenvalue weighted by Gasteiger charge is 2.20. The fraction of sp³-hybridized carbons (Fsp3) is 0.222. The van der Waals surface area contributed by atoms with Crippen molar-refractivity contribution in [2.45, 2.75) is 17.9 Å². The van der Waals surface area contributed by atoms with E-state index in [0.717, 1.165) is 18.2 Å². The van der Waals surface area contributed by atoms with E-state index >= 15 is 0 Å². The summed E-state index contributed by atoms with van der Waals surface area (Å²) in [6.07, 6.45) is 0. The molecule has 0 aliphatic rings. The van der Waals surface area contributed by atoms with Crippen molar-refractivity contribution in [2.24, 2.45) is 0 Å². The lowest BCUT2D eigenvalue weighted by molar-refractivity contribution is 0.573. The summed E-state index contributed by atoms with van der Waals surface area (Å²) < 4.78 is 38.3. The van der Waals surface area contributed by atoms with Crippen LogP contribution in [0.4, 0.5) is 4.39 Å². The van der Waals surface area contributed by atoms with E-state index in [0.29, 0.717) is 0 Å². The number of hydrogen-bond donors (Lipinski definition) is 1. The standard InChI is InChI=1S/C9H8ClFN2O2S/c1-6(5-12)13-16(14,15)9-4-7(11)2-3-8(9)10/h2-4,6,13H,1H3. The van der Waals surface area contributed by atoms with Gasteiger partial charge in [-0.25, -0.2) is 12.8 Å². The fourth-order valence-corrected chi connectivity index (χ4v) is 2.67. The van der Waals surface area contributed by atoms with Crippen molar-refractivity contribution in [1.82, 2.24) is 4.72 Å². The van der Waals surface area contributed by atoms with Gasteiger partial charge in [-0.3, -0.25) is 0 Å².